The number of benzene rings is 2. The number of aromatic nitrogens is 1. The van der Waals surface area contributed by atoms with Crippen molar-refractivity contribution in [3.05, 3.63) is 54.2 Å². The fraction of sp³-hybridized carbons (Fsp3) is 0.292. The Hall–Kier alpha value is -3.32. The highest BCUT2D eigenvalue weighted by molar-refractivity contribution is 6.62. The van der Waals surface area contributed by atoms with Crippen LogP contribution in [-0.2, 0) is 14.3 Å². The van der Waals surface area contributed by atoms with Gasteiger partial charge in [-0.15, -0.1) is 0 Å². The highest BCUT2D eigenvalue weighted by Gasteiger charge is 2.19. The Kier molecular flexibility index (Phi) is 8.84. The molecule has 0 saturated carbocycles. The van der Waals surface area contributed by atoms with Gasteiger partial charge in [0.15, 0.2) is 0 Å². The third-order valence-corrected chi connectivity index (χ3v) is 3.99. The minimum atomic E-state index is -0.421. The molecule has 3 rings (SSSR count). The molecule has 7 nitrogen and oxygen atoms in total. The summed E-state index contributed by atoms with van der Waals surface area (Å²) >= 11 is 4.64. The second-order valence-electron chi connectivity index (χ2n) is 7.03. The first-order valence-electron chi connectivity index (χ1n) is 10.1. The number of nitrogens with zero attached hydrogens (tertiary/aromatic N) is 1. The zero-order chi connectivity index (χ0) is 23.8. The van der Waals surface area contributed by atoms with Crippen LogP contribution < -0.4 is 9.47 Å². The van der Waals surface area contributed by atoms with Crippen LogP contribution in [0.1, 0.15) is 45.1 Å². The highest BCUT2D eigenvalue weighted by Crippen LogP contribution is 2.29. The quantitative estimate of drug-likeness (QED) is 0.283. The van der Waals surface area contributed by atoms with Gasteiger partial charge >= 0.3 is 11.9 Å². The largest absolute Gasteiger partial charge is 0.491 e. The summed E-state index contributed by atoms with van der Waals surface area (Å²) in [6, 6.07) is 14.5. The lowest BCUT2D eigenvalue weighted by atomic mass is 10.2. The number of esters is 2. The maximum atomic E-state index is 12.5. The van der Waals surface area contributed by atoms with Crippen LogP contribution in [0.25, 0.3) is 16.6 Å². The molecule has 8 heteroatoms. The number of halogens is 1. The van der Waals surface area contributed by atoms with Crippen LogP contribution >= 0.6 is 11.6 Å². The van der Waals surface area contributed by atoms with Crippen molar-refractivity contribution in [3.8, 4) is 17.2 Å². The van der Waals surface area contributed by atoms with Gasteiger partial charge in [0.05, 0.1) is 18.2 Å². The molecular weight excluding hydrogens is 434 g/mol. The number of fused-ring (bicyclic) bond motifs is 1. The van der Waals surface area contributed by atoms with E-state index in [1.807, 2.05) is 48.7 Å². The number of carbonyl (C=O) groups excluding carboxylic acids is 3. The van der Waals surface area contributed by atoms with E-state index in [0.29, 0.717) is 11.4 Å². The molecule has 32 heavy (non-hydrogen) atoms. The fourth-order valence-corrected chi connectivity index (χ4v) is 3.00. The maximum Gasteiger partial charge on any atom is 0.355 e. The summed E-state index contributed by atoms with van der Waals surface area (Å²) in [4.78, 5) is 33.0. The minimum absolute atomic E-state index is 0.0769. The molecule has 1 heterocycles. The van der Waals surface area contributed by atoms with E-state index in [-0.39, 0.29) is 18.0 Å². The molecule has 0 fully saturated rings. The zero-order valence-electron chi connectivity index (χ0n) is 18.7. The van der Waals surface area contributed by atoms with Crippen molar-refractivity contribution in [3.63, 3.8) is 0 Å². The van der Waals surface area contributed by atoms with E-state index in [0.717, 1.165) is 22.3 Å². The van der Waals surface area contributed by atoms with E-state index in [2.05, 4.69) is 11.6 Å². The van der Waals surface area contributed by atoms with Gasteiger partial charge in [-0.25, -0.2) is 4.79 Å². The molecule has 0 aliphatic heterocycles. The van der Waals surface area contributed by atoms with Crippen LogP contribution in [0.5, 0.6) is 11.5 Å². The van der Waals surface area contributed by atoms with Crippen LogP contribution in [0.3, 0.4) is 0 Å². The summed E-state index contributed by atoms with van der Waals surface area (Å²) < 4.78 is 17.9. The van der Waals surface area contributed by atoms with Crippen molar-refractivity contribution >= 4 is 39.7 Å². The van der Waals surface area contributed by atoms with Gasteiger partial charge in [0.1, 0.15) is 17.2 Å². The van der Waals surface area contributed by atoms with E-state index in [1.165, 1.54) is 13.8 Å². The molecule has 0 N–H and O–H groups in total. The smallest absolute Gasteiger partial charge is 0.355 e. The van der Waals surface area contributed by atoms with Crippen molar-refractivity contribution in [2.24, 2.45) is 0 Å². The lowest BCUT2D eigenvalue weighted by Gasteiger charge is -2.13. The average Bonchev–Trinajstić information content (AvgIpc) is 3.06. The Bertz CT molecular complexity index is 1100. The van der Waals surface area contributed by atoms with Crippen molar-refractivity contribution in [2.45, 2.75) is 40.7 Å². The topological polar surface area (TPSA) is 83.8 Å². The Morgan fingerprint density at radius 3 is 2.09 bits per heavy atom. The normalized spacial score (nSPS) is 10.3. The van der Waals surface area contributed by atoms with Gasteiger partial charge in [0, 0.05) is 24.9 Å². The summed E-state index contributed by atoms with van der Waals surface area (Å²) in [5, 5.41) is 0.407. The van der Waals surface area contributed by atoms with Gasteiger partial charge < -0.3 is 18.8 Å². The molecule has 0 saturated heterocycles. The molecule has 0 aliphatic carbocycles. The minimum Gasteiger partial charge on any atom is -0.491 e. The van der Waals surface area contributed by atoms with Crippen molar-refractivity contribution in [1.82, 2.24) is 4.57 Å². The molecule has 170 valence electrons. The first kappa shape index (κ1) is 24.9. The van der Waals surface area contributed by atoms with Crippen molar-refractivity contribution in [2.75, 3.05) is 6.61 Å². The first-order valence-corrected chi connectivity index (χ1v) is 10.4. The third kappa shape index (κ3) is 6.85. The number of carbonyl (C=O) groups is 3. The molecule has 0 spiro atoms. The van der Waals surface area contributed by atoms with Gasteiger partial charge in [0.2, 0.25) is 5.24 Å². The van der Waals surface area contributed by atoms with Crippen LogP contribution in [-0.4, -0.2) is 34.5 Å². The predicted octanol–water partition coefficient (Wildman–Crippen LogP) is 5.29. The van der Waals surface area contributed by atoms with E-state index >= 15 is 0 Å². The Balaban J connectivity index is 0.000000837. The molecule has 0 radical (unpaired) electrons. The van der Waals surface area contributed by atoms with E-state index in [9.17, 15) is 14.4 Å². The van der Waals surface area contributed by atoms with Gasteiger partial charge in [-0.1, -0.05) is 0 Å². The molecule has 0 atom stereocenters. The number of hydrogen-bond acceptors (Lipinski definition) is 6. The zero-order valence-corrected chi connectivity index (χ0v) is 19.4. The second-order valence-corrected chi connectivity index (χ2v) is 7.56. The highest BCUT2D eigenvalue weighted by atomic mass is 35.5. The van der Waals surface area contributed by atoms with E-state index < -0.39 is 11.9 Å². The number of ether oxygens (including phenoxy) is 3. The molecular formula is C24H26ClNO6. The van der Waals surface area contributed by atoms with Crippen LogP contribution in [0.2, 0.25) is 0 Å². The standard InChI is InChI=1S/C22H23NO5.C2H3ClO/c1-5-26-22(25)21-13-16-12-19(28-15(4)24)10-11-20(16)23(21)17-6-8-18(9-7-17)27-14(2)3;1-2(3)4/h6-14H,5H2,1-4H3;1H3. The SMILES string of the molecule is CC(=O)Cl.CCOC(=O)c1cc2cc(OC(C)=O)ccc2n1-c1ccc(OC(C)C)cc1. The van der Waals surface area contributed by atoms with Crippen molar-refractivity contribution < 1.29 is 28.6 Å². The lowest BCUT2D eigenvalue weighted by Crippen LogP contribution is -2.11. The molecule has 1 aromatic heterocycles. The number of rotatable bonds is 6. The van der Waals surface area contributed by atoms with E-state index in [1.54, 1.807) is 25.1 Å². The van der Waals surface area contributed by atoms with Gasteiger partial charge in [-0.05, 0) is 80.9 Å². The molecule has 0 aliphatic rings. The summed E-state index contributed by atoms with van der Waals surface area (Å²) in [5.41, 5.74) is 2.00. The second kappa shape index (κ2) is 11.3. The maximum absolute atomic E-state index is 12.5. The first-order chi connectivity index (χ1) is 15.1. The number of hydrogen-bond donors (Lipinski definition) is 0. The van der Waals surface area contributed by atoms with Crippen LogP contribution in [0.4, 0.5) is 0 Å². The average molecular weight is 460 g/mol. The summed E-state index contributed by atoms with van der Waals surface area (Å²) in [6.07, 6.45) is 0.0769. The summed E-state index contributed by atoms with van der Waals surface area (Å²) in [7, 11) is 0. The predicted molar refractivity (Wildman–Crippen MR) is 123 cm³/mol. The van der Waals surface area contributed by atoms with Crippen molar-refractivity contribution in [1.29, 1.82) is 0 Å². The molecule has 3 aromatic rings. The molecule has 0 amide bonds. The Labute approximate surface area is 191 Å². The Morgan fingerprint density at radius 2 is 1.56 bits per heavy atom. The van der Waals surface area contributed by atoms with Gasteiger partial charge in [-0.3, -0.25) is 9.59 Å². The molecule has 0 unspecified atom stereocenters. The van der Waals surface area contributed by atoms with Crippen LogP contribution in [0, 0.1) is 0 Å². The molecule has 0 bridgehead atoms. The summed E-state index contributed by atoms with van der Waals surface area (Å²) in [5.74, 6) is 0.360. The Morgan fingerprint density at radius 1 is 0.969 bits per heavy atom. The third-order valence-electron chi connectivity index (χ3n) is 3.99. The summed E-state index contributed by atoms with van der Waals surface area (Å²) in [6.45, 7) is 8.61. The van der Waals surface area contributed by atoms with Gasteiger partial charge in [-0.2, -0.15) is 0 Å². The van der Waals surface area contributed by atoms with Crippen LogP contribution in [0.15, 0.2) is 48.5 Å². The van der Waals surface area contributed by atoms with Gasteiger partial charge in [0.25, 0.3) is 0 Å². The monoisotopic (exact) mass is 459 g/mol. The fourth-order valence-electron chi connectivity index (χ4n) is 3.00. The molecule has 2 aromatic carbocycles. The van der Waals surface area contributed by atoms with E-state index in [4.69, 9.17) is 14.2 Å². The lowest BCUT2D eigenvalue weighted by molar-refractivity contribution is -0.131.